The normalized spacial score (nSPS) is 17.5. The van der Waals surface area contributed by atoms with Gasteiger partial charge in [0, 0.05) is 30.7 Å². The molecule has 1 fully saturated rings. The predicted octanol–water partition coefficient (Wildman–Crippen LogP) is 3.32. The van der Waals surface area contributed by atoms with E-state index in [2.05, 4.69) is 4.90 Å². The molecule has 1 N–H and O–H groups in total. The minimum atomic E-state index is -0.823. The van der Waals surface area contributed by atoms with Gasteiger partial charge in [-0.2, -0.15) is 0 Å². The van der Waals surface area contributed by atoms with E-state index in [0.29, 0.717) is 19.6 Å². The van der Waals surface area contributed by atoms with Crippen LogP contribution in [0.25, 0.3) is 0 Å². The fourth-order valence-corrected chi connectivity index (χ4v) is 3.40. The summed E-state index contributed by atoms with van der Waals surface area (Å²) < 4.78 is 27.8. The summed E-state index contributed by atoms with van der Waals surface area (Å²) in [5.74, 6) is -1.85. The fourth-order valence-electron chi connectivity index (χ4n) is 3.40. The van der Waals surface area contributed by atoms with Crippen molar-refractivity contribution in [1.29, 1.82) is 0 Å². The Morgan fingerprint density at radius 3 is 2.33 bits per heavy atom. The summed E-state index contributed by atoms with van der Waals surface area (Å²) in [6.07, 6.45) is 1.61. The number of carboxylic acids is 1. The fraction of sp³-hybridized carbons (Fsp3) is 0.588. The van der Waals surface area contributed by atoms with Crippen molar-refractivity contribution in [1.82, 2.24) is 9.80 Å². The van der Waals surface area contributed by atoms with E-state index < -0.39 is 17.6 Å². The molecule has 0 aromatic heterocycles. The van der Waals surface area contributed by atoms with Gasteiger partial charge in [-0.25, -0.2) is 8.78 Å². The minimum absolute atomic E-state index is 0. The van der Waals surface area contributed by atoms with Crippen molar-refractivity contribution in [2.75, 3.05) is 26.2 Å². The zero-order chi connectivity index (χ0) is 17.0. The average molecular weight is 363 g/mol. The maximum Gasteiger partial charge on any atom is 0.317 e. The molecule has 24 heavy (non-hydrogen) atoms. The Balaban J connectivity index is 0.00000288. The first-order valence-corrected chi connectivity index (χ1v) is 8.07. The number of likely N-dealkylation sites (tertiary alicyclic amines) is 1. The summed E-state index contributed by atoms with van der Waals surface area (Å²) >= 11 is 0. The minimum Gasteiger partial charge on any atom is -0.480 e. The number of hydrogen-bond acceptors (Lipinski definition) is 3. The summed E-state index contributed by atoms with van der Waals surface area (Å²) in [7, 11) is 0. The van der Waals surface area contributed by atoms with E-state index >= 15 is 0 Å². The molecule has 1 aliphatic rings. The second-order valence-electron chi connectivity index (χ2n) is 6.04. The van der Waals surface area contributed by atoms with Gasteiger partial charge in [-0.15, -0.1) is 12.4 Å². The third-order valence-electron chi connectivity index (χ3n) is 4.73. The molecule has 1 aliphatic heterocycles. The molecular formula is C17H25ClF2N2O2. The Bertz CT molecular complexity index is 531. The van der Waals surface area contributed by atoms with Crippen molar-refractivity contribution in [3.05, 3.63) is 35.4 Å². The van der Waals surface area contributed by atoms with Crippen LogP contribution in [0.2, 0.25) is 0 Å². The van der Waals surface area contributed by atoms with E-state index in [-0.39, 0.29) is 36.6 Å². The summed E-state index contributed by atoms with van der Waals surface area (Å²) in [4.78, 5) is 14.9. The number of carboxylic acid groups (broad SMARTS) is 1. The molecule has 7 heteroatoms. The maximum absolute atomic E-state index is 13.9. The average Bonchev–Trinajstić information content (AvgIpc) is 2.52. The van der Waals surface area contributed by atoms with Gasteiger partial charge in [0.05, 0.1) is 6.54 Å². The molecule has 0 amide bonds. The van der Waals surface area contributed by atoms with E-state index in [4.69, 9.17) is 5.11 Å². The van der Waals surface area contributed by atoms with Gasteiger partial charge in [-0.3, -0.25) is 14.6 Å². The Labute approximate surface area is 147 Å². The van der Waals surface area contributed by atoms with Gasteiger partial charge in [0.25, 0.3) is 0 Å². The maximum atomic E-state index is 13.9. The first kappa shape index (κ1) is 20.8. The number of rotatable bonds is 6. The highest BCUT2D eigenvalue weighted by Gasteiger charge is 2.29. The van der Waals surface area contributed by atoms with Crippen LogP contribution in [0.1, 0.15) is 38.3 Å². The molecule has 1 aromatic rings. The molecule has 4 nitrogen and oxygen atoms in total. The molecule has 1 aromatic carbocycles. The number of halogens is 3. The molecular weight excluding hydrogens is 338 g/mol. The Kier molecular flexibility index (Phi) is 8.06. The number of carbonyl (C=O) groups is 1. The lowest BCUT2D eigenvalue weighted by molar-refractivity contribution is -0.139. The molecule has 0 bridgehead atoms. The zero-order valence-corrected chi connectivity index (χ0v) is 14.9. The van der Waals surface area contributed by atoms with Crippen molar-refractivity contribution >= 4 is 18.4 Å². The third kappa shape index (κ3) is 4.88. The Morgan fingerprint density at radius 2 is 1.88 bits per heavy atom. The first-order valence-electron chi connectivity index (χ1n) is 8.07. The first-order chi connectivity index (χ1) is 10.9. The van der Waals surface area contributed by atoms with Gasteiger partial charge in [0.2, 0.25) is 0 Å². The SMILES string of the molecule is CCN(CC(=O)O)C1CCN(C(C)c2c(F)cccc2F)CC1.Cl. The molecule has 1 unspecified atom stereocenters. The van der Waals surface area contributed by atoms with Crippen molar-refractivity contribution in [2.45, 2.75) is 38.8 Å². The molecule has 136 valence electrons. The van der Waals surface area contributed by atoms with Crippen LogP contribution in [0.3, 0.4) is 0 Å². The second-order valence-corrected chi connectivity index (χ2v) is 6.04. The summed E-state index contributed by atoms with van der Waals surface area (Å²) in [6, 6.07) is 3.83. The molecule has 0 spiro atoms. The van der Waals surface area contributed by atoms with Crippen LogP contribution >= 0.6 is 12.4 Å². The lowest BCUT2D eigenvalue weighted by atomic mass is 9.98. The predicted molar refractivity (Wildman–Crippen MR) is 91.5 cm³/mol. The van der Waals surface area contributed by atoms with Crippen LogP contribution in [0, 0.1) is 11.6 Å². The van der Waals surface area contributed by atoms with Crippen LogP contribution in [0.5, 0.6) is 0 Å². The Hall–Kier alpha value is -1.24. The van der Waals surface area contributed by atoms with Crippen molar-refractivity contribution < 1.29 is 18.7 Å². The van der Waals surface area contributed by atoms with E-state index in [0.717, 1.165) is 12.8 Å². The molecule has 0 aliphatic carbocycles. The van der Waals surface area contributed by atoms with E-state index in [1.54, 1.807) is 0 Å². The van der Waals surface area contributed by atoms with Crippen molar-refractivity contribution in [2.24, 2.45) is 0 Å². The number of aliphatic carboxylic acids is 1. The lowest BCUT2D eigenvalue weighted by Gasteiger charge is -2.40. The summed E-state index contributed by atoms with van der Waals surface area (Å²) in [5.41, 5.74) is 0.115. The smallest absolute Gasteiger partial charge is 0.317 e. The lowest BCUT2D eigenvalue weighted by Crippen LogP contribution is -2.47. The topological polar surface area (TPSA) is 43.8 Å². The zero-order valence-electron chi connectivity index (χ0n) is 14.0. The monoisotopic (exact) mass is 362 g/mol. The molecule has 1 saturated heterocycles. The highest BCUT2D eigenvalue weighted by Crippen LogP contribution is 2.29. The van der Waals surface area contributed by atoms with Crippen LogP contribution < -0.4 is 0 Å². The van der Waals surface area contributed by atoms with Gasteiger partial charge in [-0.1, -0.05) is 13.0 Å². The van der Waals surface area contributed by atoms with Gasteiger partial charge in [0.1, 0.15) is 11.6 Å². The number of hydrogen-bond donors (Lipinski definition) is 1. The van der Waals surface area contributed by atoms with Crippen molar-refractivity contribution in [3.8, 4) is 0 Å². The number of nitrogens with zero attached hydrogens (tertiary/aromatic N) is 2. The van der Waals surface area contributed by atoms with E-state index in [1.165, 1.54) is 18.2 Å². The molecule has 0 radical (unpaired) electrons. The highest BCUT2D eigenvalue weighted by atomic mass is 35.5. The van der Waals surface area contributed by atoms with Crippen LogP contribution in [-0.2, 0) is 4.79 Å². The highest BCUT2D eigenvalue weighted by molar-refractivity contribution is 5.85. The van der Waals surface area contributed by atoms with Crippen LogP contribution in [0.4, 0.5) is 8.78 Å². The molecule has 2 rings (SSSR count). The number of likely N-dealkylation sites (N-methyl/N-ethyl adjacent to an activating group) is 1. The molecule has 1 heterocycles. The van der Waals surface area contributed by atoms with Crippen molar-refractivity contribution in [3.63, 3.8) is 0 Å². The Morgan fingerprint density at radius 1 is 1.33 bits per heavy atom. The molecule has 1 atom stereocenters. The third-order valence-corrected chi connectivity index (χ3v) is 4.73. The standard InChI is InChI=1S/C17H24F2N2O2.ClH/c1-3-20(11-16(22)23)13-7-9-21(10-8-13)12(2)17-14(18)5-4-6-15(17)19;/h4-6,12-13H,3,7-11H2,1-2H3,(H,22,23);1H. The van der Waals surface area contributed by atoms with Crippen LogP contribution in [-0.4, -0.2) is 53.1 Å². The molecule has 0 saturated carbocycles. The van der Waals surface area contributed by atoms with Gasteiger partial charge < -0.3 is 5.11 Å². The number of benzene rings is 1. The van der Waals surface area contributed by atoms with E-state index in [1.807, 2.05) is 18.7 Å². The van der Waals surface area contributed by atoms with Gasteiger partial charge >= 0.3 is 5.97 Å². The second kappa shape index (κ2) is 9.30. The summed E-state index contributed by atoms with van der Waals surface area (Å²) in [5, 5.41) is 8.96. The largest absolute Gasteiger partial charge is 0.480 e. The quantitative estimate of drug-likeness (QED) is 0.843. The van der Waals surface area contributed by atoms with Gasteiger partial charge in [0.15, 0.2) is 0 Å². The van der Waals surface area contributed by atoms with Gasteiger partial charge in [-0.05, 0) is 38.4 Å². The number of piperidine rings is 1. The van der Waals surface area contributed by atoms with E-state index in [9.17, 15) is 13.6 Å². The summed E-state index contributed by atoms with van der Waals surface area (Å²) in [6.45, 7) is 5.90. The van der Waals surface area contributed by atoms with Crippen LogP contribution in [0.15, 0.2) is 18.2 Å².